The highest BCUT2D eigenvalue weighted by Crippen LogP contribution is 2.09. The van der Waals surface area contributed by atoms with Gasteiger partial charge in [0.1, 0.15) is 11.4 Å². The summed E-state index contributed by atoms with van der Waals surface area (Å²) in [6.07, 6.45) is 2.87. The third-order valence-corrected chi connectivity index (χ3v) is 4.03. The van der Waals surface area contributed by atoms with Crippen LogP contribution < -0.4 is 16.0 Å². The number of aromatic nitrogens is 2. The molecule has 8 nitrogen and oxygen atoms in total. The molecule has 0 aliphatic rings. The Kier molecular flexibility index (Phi) is 9.30. The van der Waals surface area contributed by atoms with E-state index in [1.54, 1.807) is 16.8 Å². The van der Waals surface area contributed by atoms with Crippen molar-refractivity contribution in [1.29, 1.82) is 0 Å². The van der Waals surface area contributed by atoms with E-state index in [-0.39, 0.29) is 5.82 Å². The lowest BCUT2D eigenvalue weighted by atomic mass is 10.2. The standard InChI is InChI=1S/C22H33FN6O2/c1-5-24-20(25-13-6-14-27-21(30)31-22(2,3)4)26-15-11-18-12-16-29(28-18)19-9-7-17(23)8-10-19/h7-10,12,16H,5-6,11,13-15H2,1-4H3,(H,27,30)(H2,24,25,26). The molecule has 1 aromatic heterocycles. The molecule has 3 N–H and O–H groups in total. The Hall–Kier alpha value is -3.10. The smallest absolute Gasteiger partial charge is 0.407 e. The molecule has 0 aliphatic carbocycles. The average Bonchev–Trinajstić information content (AvgIpc) is 3.15. The number of carbonyl (C=O) groups excluding carboxylic acids is 1. The lowest BCUT2D eigenvalue weighted by Gasteiger charge is -2.19. The van der Waals surface area contributed by atoms with Crippen LogP contribution in [-0.4, -0.2) is 53.6 Å². The first kappa shape index (κ1) is 24.2. The number of nitrogens with zero attached hydrogens (tertiary/aromatic N) is 3. The van der Waals surface area contributed by atoms with E-state index in [4.69, 9.17) is 4.74 Å². The molecule has 2 rings (SSSR count). The molecule has 0 saturated heterocycles. The van der Waals surface area contributed by atoms with Crippen LogP contribution in [0.15, 0.2) is 41.5 Å². The van der Waals surface area contributed by atoms with Crippen molar-refractivity contribution in [3.63, 3.8) is 0 Å². The normalized spacial score (nSPS) is 11.8. The number of hydrogen-bond donors (Lipinski definition) is 3. The second-order valence-electron chi connectivity index (χ2n) is 7.95. The van der Waals surface area contributed by atoms with Gasteiger partial charge in [-0.25, -0.2) is 13.9 Å². The zero-order chi connectivity index (χ0) is 22.7. The average molecular weight is 433 g/mol. The summed E-state index contributed by atoms with van der Waals surface area (Å²) < 4.78 is 20.0. The molecule has 0 unspecified atom stereocenters. The molecule has 170 valence electrons. The van der Waals surface area contributed by atoms with E-state index in [1.807, 2.05) is 40.0 Å². The highest BCUT2D eigenvalue weighted by Gasteiger charge is 2.15. The van der Waals surface area contributed by atoms with Crippen LogP contribution in [0.3, 0.4) is 0 Å². The predicted molar refractivity (Wildman–Crippen MR) is 120 cm³/mol. The molecule has 1 heterocycles. The molecule has 0 saturated carbocycles. The van der Waals surface area contributed by atoms with E-state index in [0.717, 1.165) is 30.3 Å². The lowest BCUT2D eigenvalue weighted by molar-refractivity contribution is 0.0527. The Morgan fingerprint density at radius 3 is 2.55 bits per heavy atom. The molecule has 0 bridgehead atoms. The minimum Gasteiger partial charge on any atom is -0.444 e. The quantitative estimate of drug-likeness (QED) is 0.322. The van der Waals surface area contributed by atoms with Crippen molar-refractivity contribution in [2.45, 2.75) is 46.1 Å². The van der Waals surface area contributed by atoms with Gasteiger partial charge in [-0.05, 0) is 64.4 Å². The highest BCUT2D eigenvalue weighted by molar-refractivity contribution is 5.79. The lowest BCUT2D eigenvalue weighted by Crippen LogP contribution is -2.38. The fourth-order valence-electron chi connectivity index (χ4n) is 2.66. The Balaban J connectivity index is 1.73. The van der Waals surface area contributed by atoms with Crippen molar-refractivity contribution in [3.8, 4) is 5.69 Å². The van der Waals surface area contributed by atoms with Gasteiger partial charge in [-0.3, -0.25) is 4.99 Å². The Morgan fingerprint density at radius 1 is 1.13 bits per heavy atom. The van der Waals surface area contributed by atoms with Crippen LogP contribution in [0, 0.1) is 5.82 Å². The molecule has 1 amide bonds. The number of alkyl carbamates (subject to hydrolysis) is 1. The predicted octanol–water partition coefficient (Wildman–Crippen LogP) is 3.02. The Morgan fingerprint density at radius 2 is 1.87 bits per heavy atom. The van der Waals surface area contributed by atoms with Crippen molar-refractivity contribution in [2.75, 3.05) is 26.2 Å². The summed E-state index contributed by atoms with van der Waals surface area (Å²) in [4.78, 5) is 16.1. The van der Waals surface area contributed by atoms with Crippen LogP contribution in [-0.2, 0) is 11.2 Å². The Bertz CT molecular complexity index is 842. The van der Waals surface area contributed by atoms with Gasteiger partial charge in [0, 0.05) is 38.8 Å². The van der Waals surface area contributed by atoms with Gasteiger partial charge in [-0.1, -0.05) is 0 Å². The molecule has 31 heavy (non-hydrogen) atoms. The summed E-state index contributed by atoms with van der Waals surface area (Å²) in [5.74, 6) is 0.453. The summed E-state index contributed by atoms with van der Waals surface area (Å²) in [5.41, 5.74) is 1.24. The minimum atomic E-state index is -0.501. The SMILES string of the molecule is CCNC(=NCCCNC(=O)OC(C)(C)C)NCCc1ccn(-c2ccc(F)cc2)n1. The molecule has 0 aliphatic heterocycles. The fourth-order valence-corrected chi connectivity index (χ4v) is 2.66. The first-order chi connectivity index (χ1) is 14.8. The van der Waals surface area contributed by atoms with Crippen molar-refractivity contribution in [1.82, 2.24) is 25.7 Å². The largest absolute Gasteiger partial charge is 0.444 e. The van der Waals surface area contributed by atoms with Crippen LogP contribution in [0.1, 0.15) is 39.8 Å². The monoisotopic (exact) mass is 432 g/mol. The third kappa shape index (κ3) is 9.50. The summed E-state index contributed by atoms with van der Waals surface area (Å²) in [6, 6.07) is 8.16. The number of amides is 1. The molecule has 0 atom stereocenters. The molecular weight excluding hydrogens is 399 g/mol. The third-order valence-electron chi connectivity index (χ3n) is 4.03. The van der Waals surface area contributed by atoms with Crippen LogP contribution in [0.4, 0.5) is 9.18 Å². The summed E-state index contributed by atoms with van der Waals surface area (Å²) in [5, 5.41) is 13.7. The first-order valence-corrected chi connectivity index (χ1v) is 10.6. The summed E-state index contributed by atoms with van der Waals surface area (Å²) in [6.45, 7) is 9.99. The van der Waals surface area contributed by atoms with Gasteiger partial charge >= 0.3 is 6.09 Å². The minimum absolute atomic E-state index is 0.267. The zero-order valence-electron chi connectivity index (χ0n) is 18.7. The number of benzene rings is 1. The van der Waals surface area contributed by atoms with Gasteiger partial charge in [0.25, 0.3) is 0 Å². The maximum Gasteiger partial charge on any atom is 0.407 e. The second kappa shape index (κ2) is 11.9. The first-order valence-electron chi connectivity index (χ1n) is 10.6. The van der Waals surface area contributed by atoms with Crippen LogP contribution >= 0.6 is 0 Å². The fraction of sp³-hybridized carbons (Fsp3) is 0.500. The van der Waals surface area contributed by atoms with Gasteiger partial charge in [-0.2, -0.15) is 5.10 Å². The Labute approximate surface area is 183 Å². The van der Waals surface area contributed by atoms with E-state index in [9.17, 15) is 9.18 Å². The van der Waals surface area contributed by atoms with Crippen LogP contribution in [0.2, 0.25) is 0 Å². The van der Waals surface area contributed by atoms with E-state index in [1.165, 1.54) is 12.1 Å². The summed E-state index contributed by atoms with van der Waals surface area (Å²) in [7, 11) is 0. The molecule has 0 fully saturated rings. The number of carbonyl (C=O) groups is 1. The number of guanidine groups is 1. The molecule has 9 heteroatoms. The summed E-state index contributed by atoms with van der Waals surface area (Å²) >= 11 is 0. The number of aliphatic imine (C=N–C) groups is 1. The molecule has 0 spiro atoms. The van der Waals surface area contributed by atoms with Gasteiger partial charge in [0.2, 0.25) is 0 Å². The number of rotatable bonds is 9. The maximum absolute atomic E-state index is 13.1. The van der Waals surface area contributed by atoms with E-state index in [2.05, 4.69) is 26.0 Å². The van der Waals surface area contributed by atoms with Gasteiger partial charge in [-0.15, -0.1) is 0 Å². The van der Waals surface area contributed by atoms with Crippen molar-refractivity contribution < 1.29 is 13.9 Å². The van der Waals surface area contributed by atoms with Gasteiger partial charge in [0.05, 0.1) is 11.4 Å². The zero-order valence-corrected chi connectivity index (χ0v) is 18.7. The van der Waals surface area contributed by atoms with E-state index in [0.29, 0.717) is 26.1 Å². The van der Waals surface area contributed by atoms with Crippen LogP contribution in [0.5, 0.6) is 0 Å². The number of nitrogens with one attached hydrogen (secondary N) is 3. The number of halogens is 1. The second-order valence-corrected chi connectivity index (χ2v) is 7.95. The molecule has 2 aromatic rings. The maximum atomic E-state index is 13.1. The highest BCUT2D eigenvalue weighted by atomic mass is 19.1. The van der Waals surface area contributed by atoms with Gasteiger partial charge < -0.3 is 20.7 Å². The molecular formula is C22H33FN6O2. The van der Waals surface area contributed by atoms with Gasteiger partial charge in [0.15, 0.2) is 5.96 Å². The van der Waals surface area contributed by atoms with Crippen molar-refractivity contribution in [2.24, 2.45) is 4.99 Å². The van der Waals surface area contributed by atoms with Crippen LogP contribution in [0.25, 0.3) is 5.69 Å². The van der Waals surface area contributed by atoms with Crippen molar-refractivity contribution in [3.05, 3.63) is 48.0 Å². The molecule has 1 aromatic carbocycles. The van der Waals surface area contributed by atoms with E-state index >= 15 is 0 Å². The number of ether oxygens (including phenoxy) is 1. The topological polar surface area (TPSA) is 92.6 Å². The number of hydrogen-bond acceptors (Lipinski definition) is 4. The van der Waals surface area contributed by atoms with E-state index < -0.39 is 11.7 Å². The molecule has 0 radical (unpaired) electrons. The van der Waals surface area contributed by atoms with Crippen molar-refractivity contribution >= 4 is 12.1 Å².